The highest BCUT2D eigenvalue weighted by Crippen LogP contribution is 2.40. The van der Waals surface area contributed by atoms with E-state index < -0.39 is 0 Å². The summed E-state index contributed by atoms with van der Waals surface area (Å²) in [7, 11) is 0. The Hall–Kier alpha value is -2.50. The van der Waals surface area contributed by atoms with Crippen molar-refractivity contribution >= 4 is 11.7 Å². The van der Waals surface area contributed by atoms with E-state index in [1.54, 1.807) is 16.8 Å². The molecule has 4 rings (SSSR count). The summed E-state index contributed by atoms with van der Waals surface area (Å²) < 4.78 is 14.9. The van der Waals surface area contributed by atoms with Crippen molar-refractivity contribution in [3.63, 3.8) is 0 Å². The Bertz CT molecular complexity index is 778. The number of nitrogens with one attached hydrogen (secondary N) is 1. The number of allylic oxidation sites excluding steroid dienone is 2. The quantitative estimate of drug-likeness (QED) is 0.879. The minimum atomic E-state index is -0.339. The summed E-state index contributed by atoms with van der Waals surface area (Å²) in [5.41, 5.74) is 2.48. The van der Waals surface area contributed by atoms with Crippen LogP contribution in [0.2, 0.25) is 0 Å². The van der Waals surface area contributed by atoms with Crippen molar-refractivity contribution in [3.05, 3.63) is 53.2 Å². The van der Waals surface area contributed by atoms with Crippen LogP contribution in [0, 0.1) is 11.7 Å². The van der Waals surface area contributed by atoms with Crippen molar-refractivity contribution in [1.82, 2.24) is 14.8 Å². The third-order valence-corrected chi connectivity index (χ3v) is 4.25. The number of carbonyl (C=O) groups excluding carboxylic acids is 1. The van der Waals surface area contributed by atoms with Crippen molar-refractivity contribution in [2.24, 2.45) is 5.92 Å². The van der Waals surface area contributed by atoms with Crippen LogP contribution in [0.5, 0.6) is 0 Å². The number of carbonyl (C=O) groups is 1. The van der Waals surface area contributed by atoms with Gasteiger partial charge < -0.3 is 5.32 Å². The van der Waals surface area contributed by atoms with Gasteiger partial charge in [0.2, 0.25) is 5.95 Å². The van der Waals surface area contributed by atoms with Gasteiger partial charge >= 0.3 is 0 Å². The van der Waals surface area contributed by atoms with E-state index in [1.807, 2.05) is 0 Å². The van der Waals surface area contributed by atoms with E-state index in [1.165, 1.54) is 18.5 Å². The number of hydrogen-bond donors (Lipinski definition) is 1. The van der Waals surface area contributed by atoms with E-state index in [2.05, 4.69) is 22.3 Å². The molecule has 0 fully saturated rings. The number of aromatic nitrogens is 3. The molecule has 0 saturated heterocycles. The standard InChI is InChI=1S/C16H15FN4O/c1-9-6-12-14(13(22)7-9)15(10-2-4-11(17)5-3-10)21-16(20-12)18-8-19-21/h2-5,8-9,15H,6-7H2,1H3,(H,18,19,20). The Balaban J connectivity index is 1.89. The third-order valence-electron chi connectivity index (χ3n) is 4.25. The Kier molecular flexibility index (Phi) is 2.85. The molecule has 0 spiro atoms. The van der Waals surface area contributed by atoms with Crippen molar-refractivity contribution in [3.8, 4) is 0 Å². The van der Waals surface area contributed by atoms with E-state index >= 15 is 0 Å². The first-order valence-electron chi connectivity index (χ1n) is 7.31. The average molecular weight is 298 g/mol. The van der Waals surface area contributed by atoms with Gasteiger partial charge in [-0.05, 0) is 30.0 Å². The van der Waals surface area contributed by atoms with Crippen molar-refractivity contribution in [2.45, 2.75) is 25.8 Å². The number of hydrogen-bond acceptors (Lipinski definition) is 4. The minimum Gasteiger partial charge on any atom is -0.328 e. The molecule has 112 valence electrons. The van der Waals surface area contributed by atoms with Crippen molar-refractivity contribution < 1.29 is 9.18 Å². The molecule has 1 aromatic carbocycles. The molecule has 1 aliphatic carbocycles. The molecular weight excluding hydrogens is 283 g/mol. The number of rotatable bonds is 1. The normalized spacial score (nSPS) is 23.8. The Morgan fingerprint density at radius 3 is 2.82 bits per heavy atom. The van der Waals surface area contributed by atoms with Gasteiger partial charge in [0.25, 0.3) is 0 Å². The lowest BCUT2D eigenvalue weighted by Crippen LogP contribution is -2.33. The number of nitrogens with zero attached hydrogens (tertiary/aromatic N) is 3. The largest absolute Gasteiger partial charge is 0.328 e. The summed E-state index contributed by atoms with van der Waals surface area (Å²) in [6, 6.07) is 5.88. The summed E-state index contributed by atoms with van der Waals surface area (Å²) in [6.07, 6.45) is 2.80. The summed E-state index contributed by atoms with van der Waals surface area (Å²) in [6.45, 7) is 2.07. The highest BCUT2D eigenvalue weighted by molar-refractivity contribution is 5.99. The van der Waals surface area contributed by atoms with Gasteiger partial charge in [0, 0.05) is 17.7 Å². The maximum Gasteiger partial charge on any atom is 0.226 e. The number of ketones is 1. The SMILES string of the molecule is CC1CC(=O)C2=C(C1)Nc1ncnn1C2c1ccc(F)cc1. The lowest BCUT2D eigenvalue weighted by atomic mass is 9.81. The van der Waals surface area contributed by atoms with E-state index in [4.69, 9.17) is 0 Å². The maximum atomic E-state index is 13.2. The van der Waals surface area contributed by atoms with Crippen LogP contribution in [-0.4, -0.2) is 20.5 Å². The highest BCUT2D eigenvalue weighted by Gasteiger charge is 2.37. The number of anilines is 1. The van der Waals surface area contributed by atoms with Crippen molar-refractivity contribution in [2.75, 3.05) is 5.32 Å². The van der Waals surface area contributed by atoms with Gasteiger partial charge in [0.1, 0.15) is 18.2 Å². The van der Waals surface area contributed by atoms with Crippen LogP contribution in [0.15, 0.2) is 41.9 Å². The third kappa shape index (κ3) is 1.94. The molecule has 1 aliphatic heterocycles. The van der Waals surface area contributed by atoms with E-state index in [0.29, 0.717) is 18.3 Å². The number of benzene rings is 1. The zero-order chi connectivity index (χ0) is 15.3. The molecular formula is C16H15FN4O. The monoisotopic (exact) mass is 298 g/mol. The maximum absolute atomic E-state index is 13.2. The van der Waals surface area contributed by atoms with Gasteiger partial charge in [-0.1, -0.05) is 19.1 Å². The number of Topliss-reactive ketones (excluding diaryl/α,β-unsaturated/α-hetero) is 1. The number of fused-ring (bicyclic) bond motifs is 1. The van der Waals surface area contributed by atoms with E-state index in [0.717, 1.165) is 23.3 Å². The zero-order valence-corrected chi connectivity index (χ0v) is 12.1. The molecule has 2 aliphatic rings. The molecule has 1 N–H and O–H groups in total. The summed E-state index contributed by atoms with van der Waals surface area (Å²) in [5, 5.41) is 7.47. The molecule has 1 aromatic heterocycles. The molecule has 5 nitrogen and oxygen atoms in total. The van der Waals surface area contributed by atoms with Crippen LogP contribution < -0.4 is 5.32 Å². The Morgan fingerprint density at radius 2 is 2.05 bits per heavy atom. The molecule has 0 amide bonds. The topological polar surface area (TPSA) is 59.8 Å². The van der Waals surface area contributed by atoms with Gasteiger partial charge in [-0.2, -0.15) is 10.1 Å². The molecule has 22 heavy (non-hydrogen) atoms. The van der Waals surface area contributed by atoms with Gasteiger partial charge in [-0.25, -0.2) is 9.07 Å². The van der Waals surface area contributed by atoms with E-state index in [-0.39, 0.29) is 17.6 Å². The van der Waals surface area contributed by atoms with E-state index in [9.17, 15) is 9.18 Å². The zero-order valence-electron chi connectivity index (χ0n) is 12.1. The highest BCUT2D eigenvalue weighted by atomic mass is 19.1. The van der Waals surface area contributed by atoms with Gasteiger partial charge in [0.05, 0.1) is 0 Å². The summed E-state index contributed by atoms with van der Waals surface area (Å²) in [5.74, 6) is 0.753. The first-order chi connectivity index (χ1) is 10.6. The van der Waals surface area contributed by atoms with Crippen LogP contribution in [0.4, 0.5) is 10.3 Å². The fourth-order valence-corrected chi connectivity index (χ4v) is 3.30. The predicted molar refractivity (Wildman–Crippen MR) is 78.6 cm³/mol. The van der Waals surface area contributed by atoms with Crippen LogP contribution in [-0.2, 0) is 4.79 Å². The second-order valence-electron chi connectivity index (χ2n) is 5.94. The molecule has 2 atom stereocenters. The van der Waals surface area contributed by atoms with Gasteiger partial charge in [-0.15, -0.1) is 0 Å². The summed E-state index contributed by atoms with van der Waals surface area (Å²) in [4.78, 5) is 16.8. The second kappa shape index (κ2) is 4.76. The lowest BCUT2D eigenvalue weighted by Gasteiger charge is -2.34. The van der Waals surface area contributed by atoms with Crippen LogP contribution in [0.25, 0.3) is 0 Å². The fraction of sp³-hybridized carbons (Fsp3) is 0.312. The van der Waals surface area contributed by atoms with Crippen LogP contribution in [0.3, 0.4) is 0 Å². The molecule has 2 aromatic rings. The van der Waals surface area contributed by atoms with Gasteiger partial charge in [0.15, 0.2) is 5.78 Å². The average Bonchev–Trinajstić information content (AvgIpc) is 2.93. The Labute approximate surface area is 126 Å². The van der Waals surface area contributed by atoms with Crippen LogP contribution in [0.1, 0.15) is 31.4 Å². The second-order valence-corrected chi connectivity index (χ2v) is 5.94. The minimum absolute atomic E-state index is 0.122. The Morgan fingerprint density at radius 1 is 1.27 bits per heavy atom. The van der Waals surface area contributed by atoms with Crippen molar-refractivity contribution in [1.29, 1.82) is 0 Å². The molecule has 0 radical (unpaired) electrons. The predicted octanol–water partition coefficient (Wildman–Crippen LogP) is 2.69. The first-order valence-corrected chi connectivity index (χ1v) is 7.31. The first kappa shape index (κ1) is 13.2. The lowest BCUT2D eigenvalue weighted by molar-refractivity contribution is -0.117. The smallest absolute Gasteiger partial charge is 0.226 e. The molecule has 2 unspecified atom stereocenters. The summed E-state index contributed by atoms with van der Waals surface area (Å²) >= 11 is 0. The molecule has 0 bridgehead atoms. The fourth-order valence-electron chi connectivity index (χ4n) is 3.30. The van der Waals surface area contributed by atoms with Crippen LogP contribution >= 0.6 is 0 Å². The molecule has 2 heterocycles. The number of halogens is 1. The molecule has 0 saturated carbocycles. The molecule has 6 heteroatoms. The van der Waals surface area contributed by atoms with Gasteiger partial charge in [-0.3, -0.25) is 4.79 Å².